The third kappa shape index (κ3) is 5.95. The van der Waals surface area contributed by atoms with Gasteiger partial charge < -0.3 is 4.74 Å². The molecule has 0 aliphatic heterocycles. The molecule has 0 spiro atoms. The number of aliphatic imine (C=N–C) groups is 1. The molecule has 0 unspecified atom stereocenters. The molecule has 0 amide bonds. The van der Waals surface area contributed by atoms with Gasteiger partial charge in [0.1, 0.15) is 17.5 Å². The smallest absolute Gasteiger partial charge is 0.497 e. The van der Waals surface area contributed by atoms with Crippen LogP contribution in [0.5, 0.6) is 5.75 Å². The lowest BCUT2D eigenvalue weighted by Crippen LogP contribution is -2.09. The zero-order valence-corrected chi connectivity index (χ0v) is 11.3. The third-order valence-electron chi connectivity index (χ3n) is 2.07. The largest absolute Gasteiger partial charge is 0.533 e. The van der Waals surface area contributed by atoms with Gasteiger partial charge in [-0.2, -0.15) is 5.26 Å². The first-order valence-electron chi connectivity index (χ1n) is 5.42. The van der Waals surface area contributed by atoms with Crippen LogP contribution >= 0.6 is 12.0 Å². The van der Waals surface area contributed by atoms with E-state index in [4.69, 9.17) is 10.00 Å². The van der Waals surface area contributed by atoms with Crippen LogP contribution in [0.1, 0.15) is 5.56 Å². The Kier molecular flexibility index (Phi) is 6.35. The topological polar surface area (TPSA) is 54.6 Å². The van der Waals surface area contributed by atoms with Crippen LogP contribution in [0, 0.1) is 11.3 Å². The van der Waals surface area contributed by atoms with Crippen LogP contribution in [0.2, 0.25) is 0 Å². The van der Waals surface area contributed by atoms with Crippen LogP contribution in [0.3, 0.4) is 0 Å². The second-order valence-electron chi connectivity index (χ2n) is 3.42. The Morgan fingerprint density at radius 3 is 2.50 bits per heavy atom. The Morgan fingerprint density at radius 1 is 1.35 bits per heavy atom. The predicted octanol–water partition coefficient (Wildman–Crippen LogP) is 3.19. The summed E-state index contributed by atoms with van der Waals surface area (Å²) in [4.78, 5) is 3.93. The number of nitriles is 1. The number of alkyl halides is 3. The highest BCUT2D eigenvalue weighted by Gasteiger charge is 2.29. The summed E-state index contributed by atoms with van der Waals surface area (Å²) in [6.45, 7) is 0.0513. The van der Waals surface area contributed by atoms with Crippen LogP contribution in [-0.4, -0.2) is 31.5 Å². The molecular formula is C12H11F3N2O2S. The Labute approximate surface area is 118 Å². The molecule has 1 rings (SSSR count). The standard InChI is InChI=1S/C12H11F3N2O2S/c1-18-10-4-2-9(3-5-10)11(8-16)17-6-7-20-19-12(13,14)15/h2-5H,6-7H2,1H3. The molecule has 1 aromatic rings. The lowest BCUT2D eigenvalue weighted by Gasteiger charge is -2.04. The van der Waals surface area contributed by atoms with Crippen molar-refractivity contribution >= 4 is 17.8 Å². The Balaban J connectivity index is 2.53. The van der Waals surface area contributed by atoms with E-state index in [1.165, 1.54) is 7.11 Å². The fourth-order valence-corrected chi connectivity index (χ4v) is 1.63. The maximum atomic E-state index is 11.7. The quantitative estimate of drug-likeness (QED) is 0.460. The normalized spacial score (nSPS) is 12.1. The van der Waals surface area contributed by atoms with Crippen molar-refractivity contribution in [3.8, 4) is 11.8 Å². The van der Waals surface area contributed by atoms with E-state index in [1.807, 2.05) is 6.07 Å². The lowest BCUT2D eigenvalue weighted by molar-refractivity contribution is -0.266. The second-order valence-corrected chi connectivity index (χ2v) is 4.23. The zero-order chi connectivity index (χ0) is 15.0. The number of ether oxygens (including phenoxy) is 1. The molecule has 20 heavy (non-hydrogen) atoms. The molecule has 0 saturated heterocycles. The summed E-state index contributed by atoms with van der Waals surface area (Å²) in [7, 11) is 1.52. The van der Waals surface area contributed by atoms with Crippen LogP contribution in [0.15, 0.2) is 29.3 Å². The van der Waals surface area contributed by atoms with E-state index in [9.17, 15) is 13.2 Å². The van der Waals surface area contributed by atoms with Gasteiger partial charge in [-0.15, -0.1) is 13.2 Å². The minimum absolute atomic E-state index is 0.000838. The van der Waals surface area contributed by atoms with Crippen molar-refractivity contribution < 1.29 is 22.1 Å². The minimum atomic E-state index is -4.66. The number of nitrogens with zero attached hydrogens (tertiary/aromatic N) is 2. The SMILES string of the molecule is COc1ccc(C(C#N)=NCCSOC(F)(F)F)cc1. The molecule has 0 atom stereocenters. The van der Waals surface area contributed by atoms with Gasteiger partial charge in [0.25, 0.3) is 0 Å². The fourth-order valence-electron chi connectivity index (χ4n) is 1.24. The maximum absolute atomic E-state index is 11.7. The van der Waals surface area contributed by atoms with Gasteiger partial charge in [0, 0.05) is 23.4 Å². The van der Waals surface area contributed by atoms with Gasteiger partial charge in [0.15, 0.2) is 0 Å². The molecule has 8 heteroatoms. The number of hydrogen-bond donors (Lipinski definition) is 0. The Bertz CT molecular complexity index is 495. The van der Waals surface area contributed by atoms with E-state index >= 15 is 0 Å². The van der Waals surface area contributed by atoms with Crippen molar-refractivity contribution in [2.75, 3.05) is 19.4 Å². The first-order chi connectivity index (χ1) is 9.46. The number of benzene rings is 1. The molecular weight excluding hydrogens is 293 g/mol. The van der Waals surface area contributed by atoms with Crippen LogP contribution < -0.4 is 4.74 Å². The van der Waals surface area contributed by atoms with E-state index in [0.29, 0.717) is 11.3 Å². The van der Waals surface area contributed by atoms with Crippen molar-refractivity contribution in [3.63, 3.8) is 0 Å². The Morgan fingerprint density at radius 2 is 2.00 bits per heavy atom. The van der Waals surface area contributed by atoms with E-state index < -0.39 is 6.36 Å². The minimum Gasteiger partial charge on any atom is -0.497 e. The Hall–Kier alpha value is -1.72. The molecule has 108 valence electrons. The molecule has 1 aromatic carbocycles. The molecule has 4 nitrogen and oxygen atoms in total. The van der Waals surface area contributed by atoms with Gasteiger partial charge >= 0.3 is 6.36 Å². The molecule has 0 aromatic heterocycles. The van der Waals surface area contributed by atoms with E-state index in [-0.39, 0.29) is 30.1 Å². The lowest BCUT2D eigenvalue weighted by atomic mass is 10.1. The van der Waals surface area contributed by atoms with Gasteiger partial charge in [0.05, 0.1) is 13.7 Å². The van der Waals surface area contributed by atoms with Crippen molar-refractivity contribution in [3.05, 3.63) is 29.8 Å². The van der Waals surface area contributed by atoms with Gasteiger partial charge in [-0.25, -0.2) is 4.18 Å². The molecule has 0 saturated carbocycles. The van der Waals surface area contributed by atoms with Crippen molar-refractivity contribution in [1.82, 2.24) is 0 Å². The number of methoxy groups -OCH3 is 1. The van der Waals surface area contributed by atoms with Crippen LogP contribution in [-0.2, 0) is 4.18 Å². The second kappa shape index (κ2) is 7.77. The molecule has 0 heterocycles. The number of halogens is 3. The maximum Gasteiger partial charge on any atom is 0.533 e. The first kappa shape index (κ1) is 16.3. The summed E-state index contributed by atoms with van der Waals surface area (Å²) in [6.07, 6.45) is -4.66. The summed E-state index contributed by atoms with van der Waals surface area (Å²) in [5, 5.41) is 8.96. The highest BCUT2D eigenvalue weighted by Crippen LogP contribution is 2.23. The highest BCUT2D eigenvalue weighted by atomic mass is 32.2. The fraction of sp³-hybridized carbons (Fsp3) is 0.333. The summed E-state index contributed by atoms with van der Waals surface area (Å²) in [5.74, 6) is 0.640. The van der Waals surface area contributed by atoms with Crippen molar-refractivity contribution in [2.45, 2.75) is 6.36 Å². The predicted molar refractivity (Wildman–Crippen MR) is 69.6 cm³/mol. The van der Waals surface area contributed by atoms with Gasteiger partial charge in [-0.3, -0.25) is 4.99 Å². The summed E-state index contributed by atoms with van der Waals surface area (Å²) < 4.78 is 43.6. The van der Waals surface area contributed by atoms with E-state index in [0.717, 1.165) is 0 Å². The molecule has 0 fully saturated rings. The zero-order valence-electron chi connectivity index (χ0n) is 10.5. The van der Waals surface area contributed by atoms with Crippen molar-refractivity contribution in [2.24, 2.45) is 4.99 Å². The monoisotopic (exact) mass is 304 g/mol. The molecule has 0 bridgehead atoms. The first-order valence-corrected chi connectivity index (χ1v) is 6.33. The highest BCUT2D eigenvalue weighted by molar-refractivity contribution is 7.94. The summed E-state index contributed by atoms with van der Waals surface area (Å²) >= 11 is 0.252. The number of hydrogen-bond acceptors (Lipinski definition) is 5. The van der Waals surface area contributed by atoms with Gasteiger partial charge in [-0.1, -0.05) is 0 Å². The number of rotatable bonds is 6. The molecule has 0 aliphatic carbocycles. The summed E-state index contributed by atoms with van der Waals surface area (Å²) in [6, 6.07) is 8.55. The van der Waals surface area contributed by atoms with Crippen LogP contribution in [0.4, 0.5) is 13.2 Å². The summed E-state index contributed by atoms with van der Waals surface area (Å²) in [5.41, 5.74) is 0.732. The van der Waals surface area contributed by atoms with Crippen LogP contribution in [0.25, 0.3) is 0 Å². The van der Waals surface area contributed by atoms with Gasteiger partial charge in [-0.05, 0) is 24.3 Å². The average Bonchev–Trinajstić information content (AvgIpc) is 2.42. The molecule has 0 aliphatic rings. The third-order valence-corrected chi connectivity index (χ3v) is 2.72. The van der Waals surface area contributed by atoms with E-state index in [1.54, 1.807) is 24.3 Å². The van der Waals surface area contributed by atoms with Crippen molar-refractivity contribution in [1.29, 1.82) is 5.26 Å². The molecule has 0 N–H and O–H groups in total. The van der Waals surface area contributed by atoms with E-state index in [2.05, 4.69) is 9.18 Å². The average molecular weight is 304 g/mol. The van der Waals surface area contributed by atoms with Gasteiger partial charge in [0.2, 0.25) is 0 Å². The molecule has 0 radical (unpaired) electrons.